The van der Waals surface area contributed by atoms with Crippen LogP contribution >= 0.6 is 15.9 Å². The quantitative estimate of drug-likeness (QED) is 0.470. The van der Waals surface area contributed by atoms with Gasteiger partial charge >= 0.3 is 11.6 Å². The number of halogens is 2. The van der Waals surface area contributed by atoms with Crippen LogP contribution in [0.5, 0.6) is 0 Å². The van der Waals surface area contributed by atoms with Crippen LogP contribution in [0.25, 0.3) is 11.0 Å². The molecule has 0 bridgehead atoms. The molecule has 1 heterocycles. The van der Waals surface area contributed by atoms with Crippen molar-refractivity contribution in [1.29, 1.82) is 0 Å². The third kappa shape index (κ3) is 3.64. The first-order valence-electron chi connectivity index (χ1n) is 7.51. The highest BCUT2D eigenvalue weighted by Crippen LogP contribution is 2.23. The second-order valence-corrected chi connectivity index (χ2v) is 6.58. The first kappa shape index (κ1) is 17.4. The number of hydrogen-bond donors (Lipinski definition) is 0. The molecule has 0 aliphatic heterocycles. The molecule has 3 rings (SSSR count). The topological polar surface area (TPSA) is 56.5 Å². The predicted octanol–water partition coefficient (Wildman–Crippen LogP) is 4.67. The van der Waals surface area contributed by atoms with Crippen molar-refractivity contribution >= 4 is 32.9 Å². The largest absolute Gasteiger partial charge is 0.457 e. The van der Waals surface area contributed by atoms with Gasteiger partial charge in [0.25, 0.3) is 0 Å². The first-order chi connectivity index (χ1) is 11.8. The van der Waals surface area contributed by atoms with E-state index in [2.05, 4.69) is 15.9 Å². The number of benzene rings is 2. The molecule has 0 saturated carbocycles. The van der Waals surface area contributed by atoms with Gasteiger partial charge in [0.15, 0.2) is 0 Å². The van der Waals surface area contributed by atoms with Crippen LogP contribution in [0.4, 0.5) is 4.39 Å². The van der Waals surface area contributed by atoms with E-state index < -0.39 is 17.4 Å². The van der Waals surface area contributed by atoms with Crippen LogP contribution in [-0.4, -0.2) is 5.97 Å². The van der Waals surface area contributed by atoms with Gasteiger partial charge in [-0.25, -0.2) is 14.0 Å². The number of esters is 1. The van der Waals surface area contributed by atoms with Crippen molar-refractivity contribution in [3.8, 4) is 0 Å². The normalized spacial score (nSPS) is 10.9. The third-order valence-electron chi connectivity index (χ3n) is 3.95. The van der Waals surface area contributed by atoms with E-state index >= 15 is 0 Å². The van der Waals surface area contributed by atoms with Crippen LogP contribution in [0.15, 0.2) is 50.1 Å². The maximum atomic E-state index is 13.3. The maximum Gasteiger partial charge on any atom is 0.339 e. The lowest BCUT2D eigenvalue weighted by Gasteiger charge is -2.10. The van der Waals surface area contributed by atoms with Crippen molar-refractivity contribution in [3.63, 3.8) is 0 Å². The van der Waals surface area contributed by atoms with E-state index in [1.54, 1.807) is 6.07 Å². The van der Waals surface area contributed by atoms with E-state index in [9.17, 15) is 14.0 Å². The molecular formula is C19H14BrFO4. The van der Waals surface area contributed by atoms with Crippen molar-refractivity contribution in [1.82, 2.24) is 0 Å². The fraction of sp³-hybridized carbons (Fsp3) is 0.158. The molecule has 3 aromatic rings. The Morgan fingerprint density at radius 3 is 2.64 bits per heavy atom. The summed E-state index contributed by atoms with van der Waals surface area (Å²) in [6.07, 6.45) is 0. The standard InChI is InChI=1S/C19H14BrFO4/c1-10-5-14-12(7-18(22)25-17(14)6-11(10)2)9-24-19(23)15-8-13(21)3-4-16(15)20/h3-8H,9H2,1-2H3. The van der Waals surface area contributed by atoms with Gasteiger partial charge < -0.3 is 9.15 Å². The number of rotatable bonds is 3. The van der Waals surface area contributed by atoms with Gasteiger partial charge in [-0.1, -0.05) is 0 Å². The molecule has 128 valence electrons. The Balaban J connectivity index is 1.93. The lowest BCUT2D eigenvalue weighted by molar-refractivity contribution is 0.0472. The molecular weight excluding hydrogens is 391 g/mol. The lowest BCUT2D eigenvalue weighted by Crippen LogP contribution is -2.09. The zero-order valence-electron chi connectivity index (χ0n) is 13.6. The van der Waals surface area contributed by atoms with Crippen LogP contribution in [0.2, 0.25) is 0 Å². The number of carbonyl (C=O) groups is 1. The summed E-state index contributed by atoms with van der Waals surface area (Å²) in [6, 6.07) is 8.73. The monoisotopic (exact) mass is 404 g/mol. The van der Waals surface area contributed by atoms with E-state index in [0.29, 0.717) is 21.0 Å². The highest BCUT2D eigenvalue weighted by Gasteiger charge is 2.15. The molecule has 0 unspecified atom stereocenters. The van der Waals surface area contributed by atoms with Gasteiger partial charge in [0.05, 0.1) is 5.56 Å². The Morgan fingerprint density at radius 1 is 1.16 bits per heavy atom. The SMILES string of the molecule is Cc1cc2oc(=O)cc(COC(=O)c3cc(F)ccc3Br)c2cc1C. The summed E-state index contributed by atoms with van der Waals surface area (Å²) in [6.45, 7) is 3.74. The van der Waals surface area contributed by atoms with Gasteiger partial charge in [-0.15, -0.1) is 0 Å². The second kappa shape index (κ2) is 6.80. The predicted molar refractivity (Wildman–Crippen MR) is 95.2 cm³/mol. The fourth-order valence-electron chi connectivity index (χ4n) is 2.48. The minimum Gasteiger partial charge on any atom is -0.457 e. The highest BCUT2D eigenvalue weighted by molar-refractivity contribution is 9.10. The van der Waals surface area contributed by atoms with Gasteiger partial charge in [-0.05, 0) is 71.2 Å². The summed E-state index contributed by atoms with van der Waals surface area (Å²) in [4.78, 5) is 24.0. The minimum atomic E-state index is -0.684. The zero-order chi connectivity index (χ0) is 18.1. The number of carbonyl (C=O) groups excluding carboxylic acids is 1. The number of ether oxygens (including phenoxy) is 1. The molecule has 0 spiro atoms. The van der Waals surface area contributed by atoms with Crippen LogP contribution < -0.4 is 5.63 Å². The average Bonchev–Trinajstić information content (AvgIpc) is 2.56. The molecule has 0 radical (unpaired) electrons. The molecule has 6 heteroatoms. The smallest absolute Gasteiger partial charge is 0.339 e. The summed E-state index contributed by atoms with van der Waals surface area (Å²) in [5, 5.41) is 0.703. The Labute approximate surface area is 151 Å². The molecule has 0 fully saturated rings. The second-order valence-electron chi connectivity index (χ2n) is 5.72. The molecule has 0 atom stereocenters. The summed E-state index contributed by atoms with van der Waals surface area (Å²) >= 11 is 3.19. The molecule has 4 nitrogen and oxygen atoms in total. The Hall–Kier alpha value is -2.47. The minimum absolute atomic E-state index is 0.0827. The fourth-order valence-corrected chi connectivity index (χ4v) is 2.89. The van der Waals surface area contributed by atoms with Gasteiger partial charge in [-0.3, -0.25) is 0 Å². The van der Waals surface area contributed by atoms with Crippen molar-refractivity contribution in [3.05, 3.63) is 79.4 Å². The van der Waals surface area contributed by atoms with E-state index in [4.69, 9.17) is 9.15 Å². The van der Waals surface area contributed by atoms with Crippen LogP contribution in [0.1, 0.15) is 27.0 Å². The van der Waals surface area contributed by atoms with Crippen molar-refractivity contribution in [2.75, 3.05) is 0 Å². The Bertz CT molecular complexity index is 1040. The Kier molecular flexibility index (Phi) is 4.72. The molecule has 0 amide bonds. The number of hydrogen-bond acceptors (Lipinski definition) is 4. The molecule has 0 aliphatic rings. The number of aryl methyl sites for hydroxylation is 2. The van der Waals surface area contributed by atoms with E-state index in [0.717, 1.165) is 17.2 Å². The molecule has 25 heavy (non-hydrogen) atoms. The molecule has 0 saturated heterocycles. The molecule has 1 aromatic heterocycles. The van der Waals surface area contributed by atoms with Crippen molar-refractivity contribution in [2.45, 2.75) is 20.5 Å². The Morgan fingerprint density at radius 2 is 1.88 bits per heavy atom. The summed E-state index contributed by atoms with van der Waals surface area (Å²) in [5.41, 5.74) is 2.56. The van der Waals surface area contributed by atoms with Gasteiger partial charge in [0.2, 0.25) is 0 Å². The third-order valence-corrected chi connectivity index (χ3v) is 4.64. The highest BCUT2D eigenvalue weighted by atomic mass is 79.9. The van der Waals surface area contributed by atoms with E-state index in [-0.39, 0.29) is 12.2 Å². The van der Waals surface area contributed by atoms with Gasteiger partial charge in [-0.2, -0.15) is 0 Å². The lowest BCUT2D eigenvalue weighted by atomic mass is 10.0. The summed E-state index contributed by atoms with van der Waals surface area (Å²) in [5.74, 6) is -1.22. The van der Waals surface area contributed by atoms with Crippen molar-refractivity contribution < 1.29 is 18.3 Å². The van der Waals surface area contributed by atoms with Gasteiger partial charge in [0.1, 0.15) is 18.0 Å². The summed E-state index contributed by atoms with van der Waals surface area (Å²) < 4.78 is 24.2. The van der Waals surface area contributed by atoms with Crippen LogP contribution in [0.3, 0.4) is 0 Å². The van der Waals surface area contributed by atoms with Crippen LogP contribution in [-0.2, 0) is 11.3 Å². The van der Waals surface area contributed by atoms with Gasteiger partial charge in [0, 0.05) is 21.5 Å². The molecule has 2 aromatic carbocycles. The zero-order valence-corrected chi connectivity index (χ0v) is 15.1. The van der Waals surface area contributed by atoms with E-state index in [1.165, 1.54) is 18.2 Å². The number of fused-ring (bicyclic) bond motifs is 1. The van der Waals surface area contributed by atoms with Crippen LogP contribution in [0, 0.1) is 19.7 Å². The van der Waals surface area contributed by atoms with E-state index in [1.807, 2.05) is 19.9 Å². The molecule has 0 N–H and O–H groups in total. The first-order valence-corrected chi connectivity index (χ1v) is 8.30. The maximum absolute atomic E-state index is 13.3. The summed E-state index contributed by atoms with van der Waals surface area (Å²) in [7, 11) is 0. The van der Waals surface area contributed by atoms with Crippen molar-refractivity contribution in [2.24, 2.45) is 0 Å². The molecule has 0 aliphatic carbocycles. The average molecular weight is 405 g/mol.